The number of likely N-dealkylation sites (N-methyl/N-ethyl adjacent to an activating group) is 1. The average Bonchev–Trinajstić information content (AvgIpc) is 2.71. The Bertz CT molecular complexity index is 551. The summed E-state index contributed by atoms with van der Waals surface area (Å²) in [4.78, 5) is 9.61. The Balaban J connectivity index is 0.00000392. The Morgan fingerprint density at radius 2 is 1.86 bits per heavy atom. The standard InChI is InChI=1S/C21H37N5O.HI/c1-5-22-21(24-16-19(3)26-11-13-27-14-12-26)23-15-18(2)25(4)17-20-9-7-6-8-10-20;/h6-10,18-19H,5,11-17H2,1-4H3,(H2,22,23,24);1H. The summed E-state index contributed by atoms with van der Waals surface area (Å²) in [6.07, 6.45) is 0. The van der Waals surface area contributed by atoms with Gasteiger partial charge in [0.25, 0.3) is 0 Å². The molecule has 0 spiro atoms. The monoisotopic (exact) mass is 503 g/mol. The number of hydrogen-bond donors (Lipinski definition) is 2. The molecule has 1 heterocycles. The molecule has 2 unspecified atom stereocenters. The molecule has 1 aliphatic rings. The van der Waals surface area contributed by atoms with E-state index >= 15 is 0 Å². The Morgan fingerprint density at radius 1 is 1.18 bits per heavy atom. The zero-order chi connectivity index (χ0) is 19.5. The van der Waals surface area contributed by atoms with Gasteiger partial charge in [0.2, 0.25) is 0 Å². The largest absolute Gasteiger partial charge is 0.379 e. The molecule has 2 rings (SSSR count). The van der Waals surface area contributed by atoms with E-state index in [1.54, 1.807) is 0 Å². The first kappa shape index (κ1) is 25.1. The number of ether oxygens (including phenoxy) is 1. The second kappa shape index (κ2) is 14.1. The molecule has 1 saturated heterocycles. The highest BCUT2D eigenvalue weighted by Gasteiger charge is 2.17. The molecule has 0 bridgehead atoms. The minimum Gasteiger partial charge on any atom is -0.379 e. The van der Waals surface area contributed by atoms with Crippen LogP contribution in [-0.4, -0.2) is 80.8 Å². The van der Waals surface area contributed by atoms with Gasteiger partial charge in [0.1, 0.15) is 0 Å². The second-order valence-corrected chi connectivity index (χ2v) is 7.35. The van der Waals surface area contributed by atoms with E-state index in [-0.39, 0.29) is 24.0 Å². The van der Waals surface area contributed by atoms with Crippen LogP contribution >= 0.6 is 24.0 Å². The van der Waals surface area contributed by atoms with Crippen molar-refractivity contribution < 1.29 is 4.74 Å². The smallest absolute Gasteiger partial charge is 0.191 e. The lowest BCUT2D eigenvalue weighted by Crippen LogP contribution is -2.46. The topological polar surface area (TPSA) is 52.1 Å². The van der Waals surface area contributed by atoms with Crippen molar-refractivity contribution in [3.8, 4) is 0 Å². The average molecular weight is 503 g/mol. The second-order valence-electron chi connectivity index (χ2n) is 7.35. The van der Waals surface area contributed by atoms with E-state index in [9.17, 15) is 0 Å². The fraction of sp³-hybridized carbons (Fsp3) is 0.667. The van der Waals surface area contributed by atoms with Crippen molar-refractivity contribution in [1.29, 1.82) is 0 Å². The highest BCUT2D eigenvalue weighted by Crippen LogP contribution is 2.06. The third-order valence-corrected chi connectivity index (χ3v) is 5.12. The first-order chi connectivity index (χ1) is 13.1. The summed E-state index contributed by atoms with van der Waals surface area (Å²) < 4.78 is 5.44. The van der Waals surface area contributed by atoms with Gasteiger partial charge in [-0.3, -0.25) is 14.8 Å². The van der Waals surface area contributed by atoms with Crippen LogP contribution < -0.4 is 10.6 Å². The first-order valence-corrected chi connectivity index (χ1v) is 10.2. The molecule has 1 aromatic carbocycles. The molecule has 0 radical (unpaired) electrons. The number of aliphatic imine (C=N–C) groups is 1. The number of morpholine rings is 1. The zero-order valence-electron chi connectivity index (χ0n) is 17.9. The maximum atomic E-state index is 5.44. The number of guanidine groups is 1. The van der Waals surface area contributed by atoms with Crippen LogP contribution in [0.5, 0.6) is 0 Å². The maximum absolute atomic E-state index is 5.44. The molecule has 7 heteroatoms. The first-order valence-electron chi connectivity index (χ1n) is 10.2. The van der Waals surface area contributed by atoms with Crippen LogP contribution in [0.2, 0.25) is 0 Å². The minimum atomic E-state index is 0. The third-order valence-electron chi connectivity index (χ3n) is 5.12. The van der Waals surface area contributed by atoms with E-state index in [0.717, 1.165) is 58.4 Å². The van der Waals surface area contributed by atoms with Crippen LogP contribution in [0.4, 0.5) is 0 Å². The molecule has 1 aliphatic heterocycles. The lowest BCUT2D eigenvalue weighted by atomic mass is 10.2. The summed E-state index contributed by atoms with van der Waals surface area (Å²) in [5, 5.41) is 6.86. The van der Waals surface area contributed by atoms with Crippen molar-refractivity contribution in [2.75, 3.05) is 53.0 Å². The number of benzene rings is 1. The molecule has 6 nitrogen and oxygen atoms in total. The lowest BCUT2D eigenvalue weighted by Gasteiger charge is -2.31. The van der Waals surface area contributed by atoms with Gasteiger partial charge in [-0.2, -0.15) is 0 Å². The zero-order valence-corrected chi connectivity index (χ0v) is 20.2. The van der Waals surface area contributed by atoms with Crippen LogP contribution in [0.15, 0.2) is 35.3 Å². The van der Waals surface area contributed by atoms with Crippen molar-refractivity contribution in [3.63, 3.8) is 0 Å². The Morgan fingerprint density at radius 3 is 2.50 bits per heavy atom. The van der Waals surface area contributed by atoms with E-state index in [0.29, 0.717) is 12.1 Å². The van der Waals surface area contributed by atoms with Crippen molar-refractivity contribution in [1.82, 2.24) is 20.4 Å². The molecule has 2 atom stereocenters. The van der Waals surface area contributed by atoms with Crippen molar-refractivity contribution in [2.24, 2.45) is 4.99 Å². The number of nitrogens with zero attached hydrogens (tertiary/aromatic N) is 3. The van der Waals surface area contributed by atoms with Crippen LogP contribution in [0, 0.1) is 0 Å². The lowest BCUT2D eigenvalue weighted by molar-refractivity contribution is 0.0220. The molecule has 1 fully saturated rings. The van der Waals surface area contributed by atoms with Crippen molar-refractivity contribution in [2.45, 2.75) is 39.4 Å². The normalized spacial score (nSPS) is 17.7. The van der Waals surface area contributed by atoms with Gasteiger partial charge in [0.05, 0.1) is 19.8 Å². The summed E-state index contributed by atoms with van der Waals surface area (Å²) in [6.45, 7) is 13.7. The van der Waals surface area contributed by atoms with Crippen molar-refractivity contribution in [3.05, 3.63) is 35.9 Å². The van der Waals surface area contributed by atoms with E-state index < -0.39 is 0 Å². The summed E-state index contributed by atoms with van der Waals surface area (Å²) in [6, 6.07) is 11.4. The van der Waals surface area contributed by atoms with Crippen LogP contribution in [0.25, 0.3) is 0 Å². The fourth-order valence-corrected chi connectivity index (χ4v) is 3.13. The number of nitrogens with one attached hydrogen (secondary N) is 2. The van der Waals surface area contributed by atoms with E-state index in [1.165, 1.54) is 5.56 Å². The molecule has 0 aromatic heterocycles. The number of hydrogen-bond acceptors (Lipinski definition) is 4. The van der Waals surface area contributed by atoms with Gasteiger partial charge in [-0.25, -0.2) is 0 Å². The molecule has 0 aliphatic carbocycles. The summed E-state index contributed by atoms with van der Waals surface area (Å²) in [5.41, 5.74) is 1.34. The fourth-order valence-electron chi connectivity index (χ4n) is 3.13. The Hall–Kier alpha value is -0.900. The van der Waals surface area contributed by atoms with Gasteiger partial charge in [-0.05, 0) is 33.4 Å². The van der Waals surface area contributed by atoms with Gasteiger partial charge < -0.3 is 15.4 Å². The van der Waals surface area contributed by atoms with E-state index in [1.807, 2.05) is 0 Å². The van der Waals surface area contributed by atoms with Gasteiger partial charge in [-0.15, -0.1) is 24.0 Å². The predicted octanol–water partition coefficient (Wildman–Crippen LogP) is 2.40. The van der Waals surface area contributed by atoms with E-state index in [4.69, 9.17) is 9.73 Å². The third kappa shape index (κ3) is 9.07. The minimum absolute atomic E-state index is 0. The number of rotatable bonds is 9. The maximum Gasteiger partial charge on any atom is 0.191 e. The molecule has 2 N–H and O–H groups in total. The molecule has 160 valence electrons. The summed E-state index contributed by atoms with van der Waals surface area (Å²) in [5.74, 6) is 0.901. The molecule has 1 aromatic rings. The Labute approximate surface area is 188 Å². The van der Waals surface area contributed by atoms with E-state index in [2.05, 4.69) is 78.6 Å². The van der Waals surface area contributed by atoms with Crippen molar-refractivity contribution >= 4 is 29.9 Å². The van der Waals surface area contributed by atoms with Gasteiger partial charge in [0.15, 0.2) is 5.96 Å². The molecule has 28 heavy (non-hydrogen) atoms. The predicted molar refractivity (Wildman–Crippen MR) is 129 cm³/mol. The molecule has 0 amide bonds. The van der Waals surface area contributed by atoms with Gasteiger partial charge in [-0.1, -0.05) is 30.3 Å². The summed E-state index contributed by atoms with van der Waals surface area (Å²) in [7, 11) is 2.17. The molecule has 0 saturated carbocycles. The highest BCUT2D eigenvalue weighted by molar-refractivity contribution is 14.0. The van der Waals surface area contributed by atoms with Crippen LogP contribution in [0.3, 0.4) is 0 Å². The van der Waals surface area contributed by atoms with Gasteiger partial charge >= 0.3 is 0 Å². The Kier molecular flexibility index (Phi) is 12.7. The van der Waals surface area contributed by atoms with Crippen LogP contribution in [-0.2, 0) is 11.3 Å². The quantitative estimate of drug-likeness (QED) is 0.308. The van der Waals surface area contributed by atoms with Crippen LogP contribution in [0.1, 0.15) is 26.3 Å². The number of halogens is 1. The SMILES string of the molecule is CCNC(=NCC(C)N1CCOCC1)NCC(C)N(C)Cc1ccccc1.I. The molecular formula is C21H38IN5O. The highest BCUT2D eigenvalue weighted by atomic mass is 127. The summed E-state index contributed by atoms with van der Waals surface area (Å²) >= 11 is 0. The molecular weight excluding hydrogens is 465 g/mol. The van der Waals surface area contributed by atoms with Gasteiger partial charge in [0, 0.05) is 44.8 Å².